The number of carbonyl (C=O) groups is 1. The third kappa shape index (κ3) is 7.64. The predicted molar refractivity (Wildman–Crippen MR) is 182 cm³/mol. The summed E-state index contributed by atoms with van der Waals surface area (Å²) in [5.41, 5.74) is 1.03. The highest BCUT2D eigenvalue weighted by atomic mass is 35.5. The number of hydrogen-bond donors (Lipinski definition) is 1. The molecule has 1 N–H and O–H groups in total. The zero-order valence-electron chi connectivity index (χ0n) is 24.4. The number of anilines is 2. The first-order chi connectivity index (χ1) is 22.1. The molecule has 244 valence electrons. The largest absolute Gasteiger partial charge is 0.422 e. The molecule has 1 aromatic heterocycles. The van der Waals surface area contributed by atoms with E-state index in [1.165, 1.54) is 11.8 Å². The molecular formula is C36H32Cl2F3N3O3. The fourth-order valence-electron chi connectivity index (χ4n) is 5.78. The summed E-state index contributed by atoms with van der Waals surface area (Å²) in [6.45, 7) is 3.88. The van der Waals surface area contributed by atoms with Crippen LogP contribution in [0.1, 0.15) is 24.1 Å². The Balaban J connectivity index is 0.00000433. The molecule has 47 heavy (non-hydrogen) atoms. The lowest BCUT2D eigenvalue weighted by atomic mass is 9.94. The van der Waals surface area contributed by atoms with Crippen LogP contribution in [0.25, 0.3) is 22.1 Å². The fourth-order valence-corrected chi connectivity index (χ4v) is 6.17. The van der Waals surface area contributed by atoms with E-state index >= 15 is 0 Å². The zero-order valence-corrected chi connectivity index (χ0v) is 25.9. The van der Waals surface area contributed by atoms with Crippen molar-refractivity contribution in [1.82, 2.24) is 4.90 Å². The molecular weight excluding hydrogens is 650 g/mol. The first-order valence-electron chi connectivity index (χ1n) is 14.6. The van der Waals surface area contributed by atoms with Crippen molar-refractivity contribution < 1.29 is 22.4 Å². The van der Waals surface area contributed by atoms with Gasteiger partial charge in [0, 0.05) is 65.5 Å². The number of halogens is 5. The number of nitrogens with one attached hydrogen (secondary N) is 1. The van der Waals surface area contributed by atoms with E-state index in [9.17, 15) is 22.8 Å². The second-order valence-electron chi connectivity index (χ2n) is 11.1. The number of fused-ring (bicyclic) bond motifs is 1. The van der Waals surface area contributed by atoms with Gasteiger partial charge in [-0.3, -0.25) is 9.69 Å². The molecule has 4 aromatic carbocycles. The number of benzene rings is 4. The molecule has 0 radical (unpaired) electrons. The average molecular weight is 683 g/mol. The highest BCUT2D eigenvalue weighted by molar-refractivity contribution is 6.32. The van der Waals surface area contributed by atoms with Crippen molar-refractivity contribution in [2.24, 2.45) is 0 Å². The van der Waals surface area contributed by atoms with Crippen molar-refractivity contribution in [2.75, 3.05) is 36.4 Å². The SMILES string of the molecule is C.O=C(Cc1c(-c2ccccc2)c2cc(CN3CCN(c4ccccc4)CC3)c(Cl)cc2oc1=O)Nc1ccc(Cl)cc1C(F)(F)F. The van der Waals surface area contributed by atoms with Crippen molar-refractivity contribution in [3.05, 3.63) is 128 Å². The quantitative estimate of drug-likeness (QED) is 0.174. The van der Waals surface area contributed by atoms with Gasteiger partial charge in [0.1, 0.15) is 5.58 Å². The second-order valence-corrected chi connectivity index (χ2v) is 11.9. The molecule has 1 fully saturated rings. The molecule has 6 rings (SSSR count). The topological polar surface area (TPSA) is 65.8 Å². The molecule has 0 bridgehead atoms. The van der Waals surface area contributed by atoms with E-state index in [1.54, 1.807) is 30.3 Å². The third-order valence-electron chi connectivity index (χ3n) is 8.02. The van der Waals surface area contributed by atoms with E-state index in [2.05, 4.69) is 27.2 Å². The van der Waals surface area contributed by atoms with Crippen LogP contribution in [0, 0.1) is 0 Å². The Kier molecular flexibility index (Phi) is 10.3. The number of alkyl halides is 3. The van der Waals surface area contributed by atoms with E-state index < -0.39 is 35.4 Å². The van der Waals surface area contributed by atoms with Crippen LogP contribution in [-0.4, -0.2) is 37.0 Å². The molecule has 6 nitrogen and oxygen atoms in total. The first kappa shape index (κ1) is 34.0. The molecule has 0 spiro atoms. The first-order valence-corrected chi connectivity index (χ1v) is 15.3. The summed E-state index contributed by atoms with van der Waals surface area (Å²) in [6, 6.07) is 25.8. The van der Waals surface area contributed by atoms with Gasteiger partial charge < -0.3 is 14.6 Å². The van der Waals surface area contributed by atoms with Gasteiger partial charge in [-0.05, 0) is 47.5 Å². The van der Waals surface area contributed by atoms with Gasteiger partial charge in [-0.25, -0.2) is 4.79 Å². The van der Waals surface area contributed by atoms with Crippen molar-refractivity contribution >= 4 is 51.5 Å². The molecule has 1 aliphatic heterocycles. The molecule has 2 heterocycles. The summed E-state index contributed by atoms with van der Waals surface area (Å²) >= 11 is 12.5. The Morgan fingerprint density at radius 3 is 2.19 bits per heavy atom. The lowest BCUT2D eigenvalue weighted by Gasteiger charge is -2.36. The number of para-hydroxylation sites is 1. The molecule has 0 unspecified atom stereocenters. The van der Waals surface area contributed by atoms with Crippen molar-refractivity contribution in [1.29, 1.82) is 0 Å². The smallest absolute Gasteiger partial charge is 0.418 e. The van der Waals surface area contributed by atoms with E-state index in [-0.39, 0.29) is 23.6 Å². The molecule has 1 saturated heterocycles. The Labute approximate surface area is 280 Å². The summed E-state index contributed by atoms with van der Waals surface area (Å²) in [4.78, 5) is 31.2. The van der Waals surface area contributed by atoms with Crippen molar-refractivity contribution in [3.63, 3.8) is 0 Å². The van der Waals surface area contributed by atoms with Crippen molar-refractivity contribution in [3.8, 4) is 11.1 Å². The minimum atomic E-state index is -4.76. The maximum absolute atomic E-state index is 13.7. The molecule has 5 aromatic rings. The Bertz CT molecular complexity index is 1940. The average Bonchev–Trinajstić information content (AvgIpc) is 3.04. The van der Waals surface area contributed by atoms with Crippen LogP contribution in [0.2, 0.25) is 10.0 Å². The summed E-state index contributed by atoms with van der Waals surface area (Å²) < 4.78 is 46.7. The van der Waals surface area contributed by atoms with E-state index in [1.807, 2.05) is 30.3 Å². The van der Waals surface area contributed by atoms with Crippen LogP contribution < -0.4 is 15.8 Å². The third-order valence-corrected chi connectivity index (χ3v) is 8.60. The zero-order chi connectivity index (χ0) is 32.4. The monoisotopic (exact) mass is 681 g/mol. The Hall–Kier alpha value is -4.31. The number of carbonyl (C=O) groups excluding carboxylic acids is 1. The van der Waals surface area contributed by atoms with E-state index in [0.29, 0.717) is 28.1 Å². The fraction of sp³-hybridized carbons (Fsp3) is 0.222. The van der Waals surface area contributed by atoms with Crippen LogP contribution in [0.5, 0.6) is 0 Å². The van der Waals surface area contributed by atoms with E-state index in [4.69, 9.17) is 27.6 Å². The lowest BCUT2D eigenvalue weighted by Crippen LogP contribution is -2.46. The number of rotatable bonds is 7. The molecule has 0 atom stereocenters. The summed E-state index contributed by atoms with van der Waals surface area (Å²) in [7, 11) is 0. The van der Waals surface area contributed by atoms with Gasteiger partial charge in [-0.2, -0.15) is 13.2 Å². The predicted octanol–water partition coefficient (Wildman–Crippen LogP) is 8.93. The highest BCUT2D eigenvalue weighted by Crippen LogP contribution is 2.38. The summed E-state index contributed by atoms with van der Waals surface area (Å²) in [5.74, 6) is -0.817. The second kappa shape index (κ2) is 14.2. The van der Waals surface area contributed by atoms with Crippen molar-refractivity contribution in [2.45, 2.75) is 26.6 Å². The van der Waals surface area contributed by atoms with Crippen LogP contribution in [-0.2, 0) is 23.9 Å². The number of nitrogens with zero attached hydrogens (tertiary/aromatic N) is 2. The van der Waals surface area contributed by atoms with Gasteiger partial charge in [0.25, 0.3) is 0 Å². The molecule has 11 heteroatoms. The number of piperazine rings is 1. The standard InChI is InChI=1S/C35H28Cl2F3N3O3.CH4/c36-24-11-12-30(28(18-24)35(38,39)40)41-32(44)19-27-33(22-7-3-1-4-8-22)26-17-23(29(37)20-31(26)46-34(27)45)21-42-13-15-43(16-14-42)25-9-5-2-6-10-25;/h1-12,17-18,20H,13-16,19,21H2,(H,41,44);1H4. The minimum absolute atomic E-state index is 0. The summed E-state index contributed by atoms with van der Waals surface area (Å²) in [5, 5.41) is 3.19. The van der Waals surface area contributed by atoms with E-state index in [0.717, 1.165) is 43.9 Å². The Morgan fingerprint density at radius 2 is 1.53 bits per heavy atom. The molecule has 0 saturated carbocycles. The van der Waals surface area contributed by atoms with Gasteiger partial charge >= 0.3 is 11.8 Å². The minimum Gasteiger partial charge on any atom is -0.422 e. The molecule has 1 aliphatic rings. The van der Waals surface area contributed by atoms with Gasteiger partial charge in [-0.15, -0.1) is 0 Å². The van der Waals surface area contributed by atoms with Crippen LogP contribution in [0.15, 0.2) is 100 Å². The van der Waals surface area contributed by atoms with Gasteiger partial charge in [0.05, 0.1) is 23.2 Å². The highest BCUT2D eigenvalue weighted by Gasteiger charge is 2.34. The normalized spacial score (nSPS) is 13.8. The van der Waals surface area contributed by atoms with Crippen LogP contribution in [0.3, 0.4) is 0 Å². The number of amides is 1. The van der Waals surface area contributed by atoms with Gasteiger partial charge in [0.15, 0.2) is 0 Å². The van der Waals surface area contributed by atoms with Gasteiger partial charge in [0.2, 0.25) is 5.91 Å². The lowest BCUT2D eigenvalue weighted by molar-refractivity contribution is -0.137. The maximum Gasteiger partial charge on any atom is 0.418 e. The maximum atomic E-state index is 13.7. The van der Waals surface area contributed by atoms with Crippen LogP contribution in [0.4, 0.5) is 24.5 Å². The number of hydrogen-bond acceptors (Lipinski definition) is 5. The van der Waals surface area contributed by atoms with Gasteiger partial charge in [-0.1, -0.05) is 79.2 Å². The Morgan fingerprint density at radius 1 is 0.872 bits per heavy atom. The molecule has 1 amide bonds. The van der Waals surface area contributed by atoms with Crippen LogP contribution >= 0.6 is 23.2 Å². The molecule has 0 aliphatic carbocycles. The summed E-state index contributed by atoms with van der Waals surface area (Å²) in [6.07, 6.45) is -5.28.